The van der Waals surface area contributed by atoms with Crippen molar-refractivity contribution in [2.45, 2.75) is 19.4 Å². The van der Waals surface area contributed by atoms with E-state index in [0.29, 0.717) is 0 Å². The lowest BCUT2D eigenvalue weighted by molar-refractivity contribution is -0.136. The number of pyridine rings is 1. The van der Waals surface area contributed by atoms with Gasteiger partial charge in [0.2, 0.25) is 0 Å². The molecule has 0 aliphatic carbocycles. The predicted molar refractivity (Wildman–Crippen MR) is 55.0 cm³/mol. The van der Waals surface area contributed by atoms with Crippen LogP contribution in [0.3, 0.4) is 0 Å². The molecule has 1 aromatic heterocycles. The second kappa shape index (κ2) is 5.53. The number of carboxylic acids is 1. The second-order valence-electron chi connectivity index (χ2n) is 3.26. The Morgan fingerprint density at radius 3 is 2.71 bits per heavy atom. The maximum atomic E-state index is 12.6. The summed E-state index contributed by atoms with van der Waals surface area (Å²) in [7, 11) is 1.22. The van der Waals surface area contributed by atoms with Crippen molar-refractivity contribution in [1.82, 2.24) is 4.98 Å². The number of alkyl halides is 2. The molecule has 0 aliphatic heterocycles. The summed E-state index contributed by atoms with van der Waals surface area (Å²) < 4.78 is 30.0. The van der Waals surface area contributed by atoms with Crippen molar-refractivity contribution >= 4 is 5.97 Å². The van der Waals surface area contributed by atoms with Crippen molar-refractivity contribution in [2.24, 2.45) is 5.73 Å². The minimum Gasteiger partial charge on any atom is -0.495 e. The van der Waals surface area contributed by atoms with Crippen molar-refractivity contribution in [3.63, 3.8) is 0 Å². The Hall–Kier alpha value is -1.76. The fourth-order valence-electron chi connectivity index (χ4n) is 1.40. The molecule has 94 valence electrons. The standard InChI is InChI=1S/C10H12F2N2O3/c1-17-7-2-5(3-8(15)16)6(4-13)14-9(7)10(11)12/h2,10H,3-4,13H2,1H3,(H,15,16). The molecular weight excluding hydrogens is 234 g/mol. The maximum absolute atomic E-state index is 12.6. The van der Waals surface area contributed by atoms with E-state index in [1.54, 1.807) is 0 Å². The molecule has 17 heavy (non-hydrogen) atoms. The molecule has 7 heteroatoms. The van der Waals surface area contributed by atoms with Gasteiger partial charge in [-0.25, -0.2) is 13.8 Å². The number of hydrogen-bond donors (Lipinski definition) is 2. The van der Waals surface area contributed by atoms with Crippen LogP contribution in [-0.4, -0.2) is 23.2 Å². The fourth-order valence-corrected chi connectivity index (χ4v) is 1.40. The predicted octanol–water partition coefficient (Wildman–Crippen LogP) is 1.11. The molecule has 0 aromatic carbocycles. The molecule has 1 rings (SSSR count). The average molecular weight is 246 g/mol. The summed E-state index contributed by atoms with van der Waals surface area (Å²) in [6.45, 7) is -0.105. The van der Waals surface area contributed by atoms with Gasteiger partial charge in [0, 0.05) is 6.54 Å². The molecule has 0 radical (unpaired) electrons. The highest BCUT2D eigenvalue weighted by molar-refractivity contribution is 5.70. The van der Waals surface area contributed by atoms with Crippen LogP contribution in [0.5, 0.6) is 5.75 Å². The summed E-state index contributed by atoms with van der Waals surface area (Å²) in [4.78, 5) is 14.2. The van der Waals surface area contributed by atoms with Gasteiger partial charge in [-0.2, -0.15) is 0 Å². The molecular formula is C10H12F2N2O3. The minimum absolute atomic E-state index is 0.105. The lowest BCUT2D eigenvalue weighted by atomic mass is 10.1. The molecule has 1 aromatic rings. The number of methoxy groups -OCH3 is 1. The highest BCUT2D eigenvalue weighted by Gasteiger charge is 2.19. The van der Waals surface area contributed by atoms with Crippen LogP contribution in [0.15, 0.2) is 6.07 Å². The molecule has 0 atom stereocenters. The third kappa shape index (κ3) is 3.10. The number of hydrogen-bond acceptors (Lipinski definition) is 4. The topological polar surface area (TPSA) is 85.4 Å². The highest BCUT2D eigenvalue weighted by Crippen LogP contribution is 2.29. The first-order valence-electron chi connectivity index (χ1n) is 4.76. The van der Waals surface area contributed by atoms with Crippen LogP contribution in [0.25, 0.3) is 0 Å². The van der Waals surface area contributed by atoms with Gasteiger partial charge in [-0.05, 0) is 11.6 Å². The van der Waals surface area contributed by atoms with Crippen LogP contribution >= 0.6 is 0 Å². The molecule has 0 amide bonds. The Kier molecular flexibility index (Phi) is 4.33. The number of carboxylic acid groups (broad SMARTS) is 1. The van der Waals surface area contributed by atoms with Crippen LogP contribution in [0.2, 0.25) is 0 Å². The lowest BCUT2D eigenvalue weighted by Gasteiger charge is -2.12. The third-order valence-corrected chi connectivity index (χ3v) is 2.15. The zero-order valence-electron chi connectivity index (χ0n) is 9.11. The largest absolute Gasteiger partial charge is 0.495 e. The molecule has 1 heterocycles. The molecule has 0 saturated carbocycles. The number of aromatic nitrogens is 1. The van der Waals surface area contributed by atoms with Gasteiger partial charge in [-0.3, -0.25) is 4.79 Å². The van der Waals surface area contributed by atoms with E-state index in [9.17, 15) is 13.6 Å². The van der Waals surface area contributed by atoms with Crippen LogP contribution in [0.4, 0.5) is 8.78 Å². The Morgan fingerprint density at radius 2 is 2.29 bits per heavy atom. The van der Waals surface area contributed by atoms with E-state index in [1.807, 2.05) is 0 Å². The van der Waals surface area contributed by atoms with Gasteiger partial charge in [0.1, 0.15) is 11.4 Å². The maximum Gasteiger partial charge on any atom is 0.307 e. The van der Waals surface area contributed by atoms with Gasteiger partial charge < -0.3 is 15.6 Å². The van der Waals surface area contributed by atoms with Crippen molar-refractivity contribution < 1.29 is 23.4 Å². The van der Waals surface area contributed by atoms with E-state index >= 15 is 0 Å². The summed E-state index contributed by atoms with van der Waals surface area (Å²) in [6.07, 6.45) is -3.13. The van der Waals surface area contributed by atoms with E-state index in [0.717, 1.165) is 0 Å². The number of aliphatic carboxylic acids is 1. The van der Waals surface area contributed by atoms with Crippen LogP contribution in [0, 0.1) is 0 Å². The van der Waals surface area contributed by atoms with Crippen molar-refractivity contribution in [3.8, 4) is 5.75 Å². The van der Waals surface area contributed by atoms with E-state index in [2.05, 4.69) is 4.98 Å². The molecule has 0 saturated heterocycles. The summed E-state index contributed by atoms with van der Waals surface area (Å²) in [5.41, 5.74) is 5.24. The van der Waals surface area contributed by atoms with Gasteiger partial charge in [0.25, 0.3) is 6.43 Å². The SMILES string of the molecule is COc1cc(CC(=O)O)c(CN)nc1C(F)F. The second-order valence-corrected chi connectivity index (χ2v) is 3.26. The summed E-state index contributed by atoms with van der Waals surface area (Å²) in [5.74, 6) is -1.22. The quantitative estimate of drug-likeness (QED) is 0.812. The zero-order chi connectivity index (χ0) is 13.0. The number of rotatable bonds is 5. The van der Waals surface area contributed by atoms with Crippen molar-refractivity contribution in [3.05, 3.63) is 23.0 Å². The first-order valence-corrected chi connectivity index (χ1v) is 4.76. The van der Waals surface area contributed by atoms with Gasteiger partial charge in [0.15, 0.2) is 0 Å². The fraction of sp³-hybridized carbons (Fsp3) is 0.400. The molecule has 0 unspecified atom stereocenters. The van der Waals surface area contributed by atoms with E-state index in [-0.39, 0.29) is 30.0 Å². The van der Waals surface area contributed by atoms with E-state index in [1.165, 1.54) is 13.2 Å². The van der Waals surface area contributed by atoms with E-state index < -0.39 is 18.1 Å². The normalized spacial score (nSPS) is 10.6. The summed E-state index contributed by atoms with van der Waals surface area (Å²) in [5, 5.41) is 8.67. The highest BCUT2D eigenvalue weighted by atomic mass is 19.3. The van der Waals surface area contributed by atoms with Gasteiger partial charge in [-0.1, -0.05) is 0 Å². The van der Waals surface area contributed by atoms with Crippen LogP contribution in [0.1, 0.15) is 23.4 Å². The monoisotopic (exact) mass is 246 g/mol. The Bertz CT molecular complexity index is 424. The number of carbonyl (C=O) groups is 1. The molecule has 0 fully saturated rings. The molecule has 0 bridgehead atoms. The molecule has 0 aliphatic rings. The first kappa shape index (κ1) is 13.3. The van der Waals surface area contributed by atoms with Gasteiger partial charge in [0.05, 0.1) is 19.2 Å². The molecule has 3 N–H and O–H groups in total. The van der Waals surface area contributed by atoms with Crippen molar-refractivity contribution in [1.29, 1.82) is 0 Å². The molecule has 0 spiro atoms. The number of nitrogens with two attached hydrogens (primary N) is 1. The average Bonchev–Trinajstić information content (AvgIpc) is 2.27. The van der Waals surface area contributed by atoms with Crippen molar-refractivity contribution in [2.75, 3.05) is 7.11 Å². The lowest BCUT2D eigenvalue weighted by Crippen LogP contribution is -2.12. The molecule has 5 nitrogen and oxygen atoms in total. The van der Waals surface area contributed by atoms with Crippen LogP contribution in [-0.2, 0) is 17.8 Å². The summed E-state index contributed by atoms with van der Waals surface area (Å²) >= 11 is 0. The number of nitrogens with zero attached hydrogens (tertiary/aromatic N) is 1. The zero-order valence-corrected chi connectivity index (χ0v) is 9.11. The Balaban J connectivity index is 3.27. The Labute approximate surface area is 96.2 Å². The first-order chi connectivity index (χ1) is 7.99. The van der Waals surface area contributed by atoms with Gasteiger partial charge >= 0.3 is 5.97 Å². The van der Waals surface area contributed by atoms with Gasteiger partial charge in [-0.15, -0.1) is 0 Å². The minimum atomic E-state index is -2.80. The summed E-state index contributed by atoms with van der Waals surface area (Å²) in [6, 6.07) is 1.24. The Morgan fingerprint density at radius 1 is 1.65 bits per heavy atom. The third-order valence-electron chi connectivity index (χ3n) is 2.15. The number of ether oxygens (including phenoxy) is 1. The van der Waals surface area contributed by atoms with Crippen LogP contribution < -0.4 is 10.5 Å². The smallest absolute Gasteiger partial charge is 0.307 e. The van der Waals surface area contributed by atoms with E-state index in [4.69, 9.17) is 15.6 Å². The number of halogens is 2.